The summed E-state index contributed by atoms with van der Waals surface area (Å²) in [6.07, 6.45) is 8.02. The van der Waals surface area contributed by atoms with Crippen molar-refractivity contribution in [2.45, 2.75) is 51.1 Å². The summed E-state index contributed by atoms with van der Waals surface area (Å²) in [6.45, 7) is 5.79. The maximum Gasteiger partial charge on any atom is 0.244 e. The molecule has 4 heterocycles. The molecule has 3 fully saturated rings. The number of nitrogens with zero attached hydrogens (tertiary/aromatic N) is 6. The molecular formula is C21H28N6O2. The van der Waals surface area contributed by atoms with Crippen LogP contribution in [0.5, 0.6) is 0 Å². The molecule has 2 aliphatic heterocycles. The van der Waals surface area contributed by atoms with Gasteiger partial charge in [-0.25, -0.2) is 4.98 Å². The molecule has 0 bridgehead atoms. The molecule has 1 amide bonds. The molecule has 154 valence electrons. The molecule has 2 aromatic rings. The van der Waals surface area contributed by atoms with Crippen LogP contribution in [-0.2, 0) is 4.79 Å². The van der Waals surface area contributed by atoms with Crippen LogP contribution in [0.4, 0.5) is 5.82 Å². The van der Waals surface area contributed by atoms with Crippen molar-refractivity contribution in [1.29, 1.82) is 0 Å². The summed E-state index contributed by atoms with van der Waals surface area (Å²) in [5, 5.41) is 4.28. The highest BCUT2D eigenvalue weighted by atomic mass is 16.5. The van der Waals surface area contributed by atoms with Crippen molar-refractivity contribution in [3.05, 3.63) is 24.2 Å². The minimum absolute atomic E-state index is 0.133. The first-order chi connectivity index (χ1) is 14.2. The van der Waals surface area contributed by atoms with Crippen molar-refractivity contribution in [3.63, 3.8) is 0 Å². The Labute approximate surface area is 170 Å². The van der Waals surface area contributed by atoms with Gasteiger partial charge in [0.1, 0.15) is 5.82 Å². The number of amides is 1. The van der Waals surface area contributed by atoms with Crippen molar-refractivity contribution < 1.29 is 9.32 Å². The van der Waals surface area contributed by atoms with E-state index < -0.39 is 0 Å². The predicted molar refractivity (Wildman–Crippen MR) is 108 cm³/mol. The lowest BCUT2D eigenvalue weighted by atomic mass is 9.91. The van der Waals surface area contributed by atoms with E-state index >= 15 is 0 Å². The smallest absolute Gasteiger partial charge is 0.244 e. The molecule has 0 unspecified atom stereocenters. The molecule has 2 aromatic heterocycles. The average molecular weight is 396 g/mol. The lowest BCUT2D eigenvalue weighted by Crippen LogP contribution is -2.48. The summed E-state index contributed by atoms with van der Waals surface area (Å²) in [5.74, 6) is 2.41. The number of hydrogen-bond donors (Lipinski definition) is 0. The van der Waals surface area contributed by atoms with Gasteiger partial charge in [-0.1, -0.05) is 11.6 Å². The van der Waals surface area contributed by atoms with Gasteiger partial charge >= 0.3 is 0 Å². The number of likely N-dealkylation sites (tertiary alicyclic amines) is 1. The number of rotatable bonds is 4. The van der Waals surface area contributed by atoms with Crippen LogP contribution < -0.4 is 4.90 Å². The number of anilines is 1. The number of hydrogen-bond acceptors (Lipinski definition) is 7. The van der Waals surface area contributed by atoms with Crippen LogP contribution in [0.1, 0.15) is 51.0 Å². The van der Waals surface area contributed by atoms with E-state index in [-0.39, 0.29) is 11.9 Å². The minimum Gasteiger partial charge on any atom is -0.353 e. The summed E-state index contributed by atoms with van der Waals surface area (Å²) >= 11 is 0. The topological polar surface area (TPSA) is 78.6 Å². The van der Waals surface area contributed by atoms with Gasteiger partial charge in [0, 0.05) is 50.9 Å². The first-order valence-electron chi connectivity index (χ1n) is 10.8. The maximum absolute atomic E-state index is 11.5. The normalized spacial score (nSPS) is 23.4. The third-order valence-electron chi connectivity index (χ3n) is 6.62. The zero-order valence-corrected chi connectivity index (χ0v) is 17.0. The van der Waals surface area contributed by atoms with Gasteiger partial charge in [0.2, 0.25) is 17.6 Å². The number of carbonyl (C=O) groups excluding carboxylic acids is 1. The predicted octanol–water partition coefficient (Wildman–Crippen LogP) is 2.49. The monoisotopic (exact) mass is 396 g/mol. The zero-order valence-electron chi connectivity index (χ0n) is 17.0. The fourth-order valence-electron chi connectivity index (χ4n) is 4.68. The zero-order chi connectivity index (χ0) is 19.8. The van der Waals surface area contributed by atoms with Gasteiger partial charge in [0.05, 0.1) is 6.04 Å². The Morgan fingerprint density at radius 3 is 2.66 bits per heavy atom. The van der Waals surface area contributed by atoms with Gasteiger partial charge in [-0.15, -0.1) is 0 Å². The third kappa shape index (κ3) is 3.61. The Morgan fingerprint density at radius 2 is 1.93 bits per heavy atom. The van der Waals surface area contributed by atoms with E-state index in [0.29, 0.717) is 11.9 Å². The summed E-state index contributed by atoms with van der Waals surface area (Å²) in [7, 11) is 0. The molecule has 1 aliphatic carbocycles. The van der Waals surface area contributed by atoms with E-state index in [1.807, 2.05) is 17.0 Å². The molecule has 1 atom stereocenters. The first-order valence-corrected chi connectivity index (χ1v) is 10.8. The van der Waals surface area contributed by atoms with Crippen LogP contribution in [0.25, 0.3) is 11.4 Å². The molecule has 5 rings (SSSR count). The third-order valence-corrected chi connectivity index (χ3v) is 6.62. The van der Waals surface area contributed by atoms with Gasteiger partial charge in [-0.2, -0.15) is 4.98 Å². The minimum atomic E-state index is 0.133. The molecule has 8 heteroatoms. The molecule has 29 heavy (non-hydrogen) atoms. The maximum atomic E-state index is 11.5. The van der Waals surface area contributed by atoms with E-state index in [1.165, 1.54) is 25.7 Å². The SMILES string of the molecule is CC(=O)N1CCN(c2cc(-c3noc([C@@H]4CCCN4C4CCC4)n3)ccn2)CC1. The van der Waals surface area contributed by atoms with E-state index in [2.05, 4.69) is 19.9 Å². The Balaban J connectivity index is 1.31. The van der Waals surface area contributed by atoms with Gasteiger partial charge < -0.3 is 14.3 Å². The average Bonchev–Trinajstić information content (AvgIpc) is 3.36. The lowest BCUT2D eigenvalue weighted by Gasteiger charge is -2.37. The Kier molecular flexibility index (Phi) is 4.95. The van der Waals surface area contributed by atoms with Crippen LogP contribution in [0, 0.1) is 0 Å². The summed E-state index contributed by atoms with van der Waals surface area (Å²) in [5.41, 5.74) is 0.923. The van der Waals surface area contributed by atoms with Gasteiger partial charge in [-0.05, 0) is 44.4 Å². The second-order valence-corrected chi connectivity index (χ2v) is 8.33. The Hall–Kier alpha value is -2.48. The second-order valence-electron chi connectivity index (χ2n) is 8.33. The molecular weight excluding hydrogens is 368 g/mol. The Bertz CT molecular complexity index is 872. The van der Waals surface area contributed by atoms with E-state index in [9.17, 15) is 4.79 Å². The quantitative estimate of drug-likeness (QED) is 0.786. The molecule has 1 saturated carbocycles. The summed E-state index contributed by atoms with van der Waals surface area (Å²) < 4.78 is 5.70. The van der Waals surface area contributed by atoms with E-state index in [4.69, 9.17) is 9.51 Å². The molecule has 2 saturated heterocycles. The lowest BCUT2D eigenvalue weighted by molar-refractivity contribution is -0.129. The van der Waals surface area contributed by atoms with Crippen molar-refractivity contribution in [2.75, 3.05) is 37.6 Å². The fourth-order valence-corrected chi connectivity index (χ4v) is 4.68. The number of carbonyl (C=O) groups is 1. The van der Waals surface area contributed by atoms with Crippen molar-refractivity contribution in [1.82, 2.24) is 24.9 Å². The molecule has 0 N–H and O–H groups in total. The summed E-state index contributed by atoms with van der Waals surface area (Å²) in [4.78, 5) is 27.5. The first kappa shape index (κ1) is 18.5. The number of aromatic nitrogens is 3. The van der Waals surface area contributed by atoms with E-state index in [0.717, 1.165) is 56.4 Å². The van der Waals surface area contributed by atoms with Gasteiger partial charge in [0.15, 0.2) is 0 Å². The fraction of sp³-hybridized carbons (Fsp3) is 0.619. The number of piperazine rings is 1. The highest BCUT2D eigenvalue weighted by Gasteiger charge is 2.37. The highest BCUT2D eigenvalue weighted by Crippen LogP contribution is 2.39. The van der Waals surface area contributed by atoms with Crippen LogP contribution in [-0.4, -0.2) is 69.6 Å². The molecule has 0 aromatic carbocycles. The highest BCUT2D eigenvalue weighted by molar-refractivity contribution is 5.73. The van der Waals surface area contributed by atoms with Crippen LogP contribution in [0.2, 0.25) is 0 Å². The van der Waals surface area contributed by atoms with Crippen LogP contribution >= 0.6 is 0 Å². The van der Waals surface area contributed by atoms with E-state index in [1.54, 1.807) is 13.1 Å². The van der Waals surface area contributed by atoms with Crippen molar-refractivity contribution >= 4 is 11.7 Å². The largest absolute Gasteiger partial charge is 0.353 e. The second kappa shape index (κ2) is 7.74. The number of pyridine rings is 1. The van der Waals surface area contributed by atoms with Gasteiger partial charge in [0.25, 0.3) is 0 Å². The van der Waals surface area contributed by atoms with Gasteiger partial charge in [-0.3, -0.25) is 9.69 Å². The Morgan fingerprint density at radius 1 is 1.10 bits per heavy atom. The van der Waals surface area contributed by atoms with Crippen LogP contribution in [0.15, 0.2) is 22.9 Å². The molecule has 0 spiro atoms. The van der Waals surface area contributed by atoms with Crippen LogP contribution in [0.3, 0.4) is 0 Å². The van der Waals surface area contributed by atoms with Crippen molar-refractivity contribution in [3.8, 4) is 11.4 Å². The summed E-state index contributed by atoms with van der Waals surface area (Å²) in [6, 6.07) is 4.92. The standard InChI is InChI=1S/C21H28N6O2/c1-15(28)25-10-12-26(13-11-25)19-14-16(7-8-22-19)20-23-21(29-24-20)18-6-3-9-27(18)17-4-2-5-17/h7-8,14,17-18H,2-6,9-13H2,1H3/t18-/m0/s1. The molecule has 3 aliphatic rings. The molecule has 0 radical (unpaired) electrons. The van der Waals surface area contributed by atoms with Crippen molar-refractivity contribution in [2.24, 2.45) is 0 Å². The molecule has 8 nitrogen and oxygen atoms in total.